The van der Waals surface area contributed by atoms with Crippen LogP contribution in [0.5, 0.6) is 0 Å². The molecule has 1 saturated carbocycles. The third-order valence-electron chi connectivity index (χ3n) is 4.18. The summed E-state index contributed by atoms with van der Waals surface area (Å²) in [6.07, 6.45) is 4.17. The summed E-state index contributed by atoms with van der Waals surface area (Å²) in [6, 6.07) is 13.3. The van der Waals surface area contributed by atoms with E-state index in [2.05, 4.69) is 12.1 Å². The van der Waals surface area contributed by atoms with Crippen LogP contribution in [0, 0.1) is 0 Å². The molecule has 0 aliphatic heterocycles. The first kappa shape index (κ1) is 14.6. The third-order valence-corrected chi connectivity index (χ3v) is 4.76. The van der Waals surface area contributed by atoms with Crippen molar-refractivity contribution < 1.29 is 4.79 Å². The maximum Gasteiger partial charge on any atom is 0.167 e. The van der Waals surface area contributed by atoms with Gasteiger partial charge in [-0.05, 0) is 42.0 Å². The van der Waals surface area contributed by atoms with Crippen LogP contribution in [0.1, 0.15) is 46.7 Å². The van der Waals surface area contributed by atoms with Crippen LogP contribution in [0.4, 0.5) is 0 Å². The van der Waals surface area contributed by atoms with Gasteiger partial charge in [-0.2, -0.15) is 0 Å². The summed E-state index contributed by atoms with van der Waals surface area (Å²) in [5.41, 5.74) is 2.90. The lowest BCUT2D eigenvalue weighted by molar-refractivity contribution is 0.0993. The molecule has 0 heterocycles. The van der Waals surface area contributed by atoms with Crippen LogP contribution in [0.25, 0.3) is 0 Å². The first-order valence-electron chi connectivity index (χ1n) is 7.20. The molecule has 0 aromatic heterocycles. The van der Waals surface area contributed by atoms with E-state index in [0.29, 0.717) is 22.4 Å². The number of hydrogen-bond donors (Lipinski definition) is 0. The molecule has 3 rings (SSSR count). The van der Waals surface area contributed by atoms with Gasteiger partial charge in [-0.15, -0.1) is 0 Å². The topological polar surface area (TPSA) is 17.1 Å². The maximum atomic E-state index is 12.3. The molecule has 0 unspecified atom stereocenters. The molecule has 0 bridgehead atoms. The molecule has 0 saturated heterocycles. The number of halogens is 2. The molecule has 21 heavy (non-hydrogen) atoms. The van der Waals surface area contributed by atoms with Crippen LogP contribution in [0.3, 0.4) is 0 Å². The average Bonchev–Trinajstić information content (AvgIpc) is 2.41. The third kappa shape index (κ3) is 3.30. The first-order valence-corrected chi connectivity index (χ1v) is 7.96. The van der Waals surface area contributed by atoms with Gasteiger partial charge >= 0.3 is 0 Å². The zero-order valence-corrected chi connectivity index (χ0v) is 13.1. The summed E-state index contributed by atoms with van der Waals surface area (Å²) in [5, 5.41) is 1.13. The second-order valence-corrected chi connectivity index (χ2v) is 6.43. The molecule has 0 atom stereocenters. The Balaban J connectivity index is 1.72. The van der Waals surface area contributed by atoms with E-state index in [9.17, 15) is 4.79 Å². The molecule has 3 heteroatoms. The van der Waals surface area contributed by atoms with Crippen LogP contribution < -0.4 is 0 Å². The monoisotopic (exact) mass is 318 g/mol. The molecule has 1 aliphatic rings. The SMILES string of the molecule is O=C(Cc1ccc(Cl)cc1Cl)c1ccc(C2CCC2)cc1. The first-order chi connectivity index (χ1) is 10.1. The molecule has 0 spiro atoms. The standard InChI is InChI=1S/C18H16Cl2O/c19-16-9-8-15(17(20)11-16)10-18(21)14-6-4-13(5-7-14)12-2-1-3-12/h4-9,11-12H,1-3,10H2. The Morgan fingerprint density at radius 2 is 1.76 bits per heavy atom. The highest BCUT2D eigenvalue weighted by Crippen LogP contribution is 2.36. The molecule has 2 aromatic rings. The van der Waals surface area contributed by atoms with E-state index in [0.717, 1.165) is 11.1 Å². The van der Waals surface area contributed by atoms with Crippen LogP contribution in [-0.4, -0.2) is 5.78 Å². The van der Waals surface area contributed by atoms with Crippen molar-refractivity contribution in [1.29, 1.82) is 0 Å². The number of rotatable bonds is 4. The Bertz CT molecular complexity index is 657. The van der Waals surface area contributed by atoms with Crippen molar-refractivity contribution in [2.75, 3.05) is 0 Å². The number of benzene rings is 2. The van der Waals surface area contributed by atoms with Crippen molar-refractivity contribution in [3.05, 3.63) is 69.2 Å². The molecule has 0 amide bonds. The predicted molar refractivity (Wildman–Crippen MR) is 87.5 cm³/mol. The Morgan fingerprint density at radius 3 is 2.33 bits per heavy atom. The van der Waals surface area contributed by atoms with E-state index in [1.807, 2.05) is 18.2 Å². The smallest absolute Gasteiger partial charge is 0.167 e. The molecule has 1 fully saturated rings. The quantitative estimate of drug-likeness (QED) is 0.662. The van der Waals surface area contributed by atoms with Gasteiger partial charge < -0.3 is 0 Å². The van der Waals surface area contributed by atoms with Gasteiger partial charge in [0, 0.05) is 22.0 Å². The summed E-state index contributed by atoms with van der Waals surface area (Å²) >= 11 is 12.0. The highest BCUT2D eigenvalue weighted by atomic mass is 35.5. The summed E-state index contributed by atoms with van der Waals surface area (Å²) in [7, 11) is 0. The second-order valence-electron chi connectivity index (χ2n) is 5.59. The maximum absolute atomic E-state index is 12.3. The van der Waals surface area contributed by atoms with E-state index in [1.165, 1.54) is 24.8 Å². The minimum absolute atomic E-state index is 0.0828. The number of carbonyl (C=O) groups excluding carboxylic acids is 1. The number of Topliss-reactive ketones (excluding diaryl/α,β-unsaturated/α-hetero) is 1. The van der Waals surface area contributed by atoms with Gasteiger partial charge in [-0.25, -0.2) is 0 Å². The second kappa shape index (κ2) is 6.21. The fourth-order valence-electron chi connectivity index (χ4n) is 2.62. The largest absolute Gasteiger partial charge is 0.294 e. The summed E-state index contributed by atoms with van der Waals surface area (Å²) in [4.78, 5) is 12.3. The Hall–Kier alpha value is -1.31. The van der Waals surface area contributed by atoms with Crippen LogP contribution >= 0.6 is 23.2 Å². The van der Waals surface area contributed by atoms with E-state index in [4.69, 9.17) is 23.2 Å². The van der Waals surface area contributed by atoms with Gasteiger partial charge in [-0.3, -0.25) is 4.79 Å². The van der Waals surface area contributed by atoms with Gasteiger partial charge in [0.15, 0.2) is 5.78 Å². The molecule has 1 nitrogen and oxygen atoms in total. The minimum atomic E-state index is 0.0828. The van der Waals surface area contributed by atoms with Crippen molar-refractivity contribution in [1.82, 2.24) is 0 Å². The fraction of sp³-hybridized carbons (Fsp3) is 0.278. The number of carbonyl (C=O) groups is 1. The molecular weight excluding hydrogens is 303 g/mol. The van der Waals surface area contributed by atoms with Crippen molar-refractivity contribution >= 4 is 29.0 Å². The van der Waals surface area contributed by atoms with E-state index in [1.54, 1.807) is 12.1 Å². The highest BCUT2D eigenvalue weighted by Gasteiger charge is 2.19. The van der Waals surface area contributed by atoms with Gasteiger partial charge in [0.05, 0.1) is 0 Å². The zero-order chi connectivity index (χ0) is 14.8. The van der Waals surface area contributed by atoms with Crippen molar-refractivity contribution in [3.63, 3.8) is 0 Å². The fourth-order valence-corrected chi connectivity index (χ4v) is 3.10. The lowest BCUT2D eigenvalue weighted by Gasteiger charge is -2.25. The van der Waals surface area contributed by atoms with Crippen LogP contribution in [0.15, 0.2) is 42.5 Å². The van der Waals surface area contributed by atoms with Gasteiger partial charge in [0.2, 0.25) is 0 Å². The number of ketones is 1. The van der Waals surface area contributed by atoms with Crippen molar-refractivity contribution in [3.8, 4) is 0 Å². The average molecular weight is 319 g/mol. The summed E-state index contributed by atoms with van der Waals surface area (Å²) < 4.78 is 0. The summed E-state index contributed by atoms with van der Waals surface area (Å²) in [6.45, 7) is 0. The predicted octanol–water partition coefficient (Wildman–Crippen LogP) is 5.69. The molecule has 2 aromatic carbocycles. The Labute approximate surface area is 134 Å². The Morgan fingerprint density at radius 1 is 1.05 bits per heavy atom. The van der Waals surface area contributed by atoms with E-state index >= 15 is 0 Å². The molecular formula is C18H16Cl2O. The van der Waals surface area contributed by atoms with Crippen molar-refractivity contribution in [2.45, 2.75) is 31.6 Å². The van der Waals surface area contributed by atoms with E-state index in [-0.39, 0.29) is 5.78 Å². The van der Waals surface area contributed by atoms with E-state index < -0.39 is 0 Å². The molecule has 0 N–H and O–H groups in total. The zero-order valence-electron chi connectivity index (χ0n) is 11.6. The van der Waals surface area contributed by atoms with Gasteiger partial charge in [0.25, 0.3) is 0 Å². The molecule has 1 aliphatic carbocycles. The summed E-state index contributed by atoms with van der Waals surface area (Å²) in [5.74, 6) is 0.777. The Kier molecular flexibility index (Phi) is 4.32. The molecule has 0 radical (unpaired) electrons. The lowest BCUT2D eigenvalue weighted by atomic mass is 9.80. The minimum Gasteiger partial charge on any atom is -0.294 e. The van der Waals surface area contributed by atoms with Crippen LogP contribution in [0.2, 0.25) is 10.0 Å². The lowest BCUT2D eigenvalue weighted by Crippen LogP contribution is -2.09. The van der Waals surface area contributed by atoms with Crippen LogP contribution in [-0.2, 0) is 6.42 Å². The highest BCUT2D eigenvalue weighted by molar-refractivity contribution is 6.35. The van der Waals surface area contributed by atoms with Crippen molar-refractivity contribution in [2.24, 2.45) is 0 Å². The molecule has 108 valence electrons. The van der Waals surface area contributed by atoms with Gasteiger partial charge in [0.1, 0.15) is 0 Å². The number of hydrogen-bond acceptors (Lipinski definition) is 1. The van der Waals surface area contributed by atoms with Gasteiger partial charge in [-0.1, -0.05) is 60.0 Å². The normalized spacial score (nSPS) is 14.8.